The van der Waals surface area contributed by atoms with E-state index in [4.69, 9.17) is 11.5 Å². The fourth-order valence-electron chi connectivity index (χ4n) is 8.87. The Morgan fingerprint density at radius 1 is 0.747 bits per heavy atom. The molecular formula is C53H70N14O8. The van der Waals surface area contributed by atoms with Gasteiger partial charge in [0.15, 0.2) is 5.96 Å². The van der Waals surface area contributed by atoms with Gasteiger partial charge in [-0.1, -0.05) is 80.4 Å². The summed E-state index contributed by atoms with van der Waals surface area (Å²) in [6, 6.07) is 13.3. The van der Waals surface area contributed by atoms with Gasteiger partial charge in [0.2, 0.25) is 47.3 Å². The van der Waals surface area contributed by atoms with E-state index < -0.39 is 83.5 Å². The highest BCUT2D eigenvalue weighted by atomic mass is 16.2. The van der Waals surface area contributed by atoms with Crippen LogP contribution in [0.1, 0.15) is 88.5 Å². The van der Waals surface area contributed by atoms with Crippen LogP contribution in [0.5, 0.6) is 0 Å². The first-order chi connectivity index (χ1) is 36.2. The molecule has 2 aromatic heterocycles. The highest BCUT2D eigenvalue weighted by molar-refractivity contribution is 5.98. The molecule has 6 rings (SSSR count). The predicted molar refractivity (Wildman–Crippen MR) is 283 cm³/mol. The van der Waals surface area contributed by atoms with Crippen molar-refractivity contribution in [1.29, 1.82) is 0 Å². The first-order valence-corrected chi connectivity index (χ1v) is 25.6. The maximum absolute atomic E-state index is 14.9. The molecule has 22 nitrogen and oxygen atoms in total. The first kappa shape index (κ1) is 56.0. The molecule has 8 amide bonds. The number of benzene rings is 3. The number of aromatic amines is 2. The highest BCUT2D eigenvalue weighted by Gasteiger charge is 2.34. The third kappa shape index (κ3) is 17.4. The minimum atomic E-state index is -1.40. The van der Waals surface area contributed by atoms with Crippen LogP contribution in [0.3, 0.4) is 0 Å². The third-order valence-electron chi connectivity index (χ3n) is 12.9. The molecule has 5 aromatic rings. The van der Waals surface area contributed by atoms with Crippen LogP contribution < -0.4 is 54.0 Å². The quantitative estimate of drug-likeness (QED) is 0.0377. The molecule has 75 heavy (non-hydrogen) atoms. The van der Waals surface area contributed by atoms with E-state index in [1.807, 2.05) is 73.7 Å². The molecule has 3 heterocycles. The van der Waals surface area contributed by atoms with Gasteiger partial charge in [-0.2, -0.15) is 0 Å². The van der Waals surface area contributed by atoms with Crippen molar-refractivity contribution >= 4 is 74.9 Å². The Hall–Kier alpha value is -8.30. The number of H-pyrrole nitrogens is 2. The molecule has 3 aromatic carbocycles. The lowest BCUT2D eigenvalue weighted by Crippen LogP contribution is -2.60. The zero-order valence-electron chi connectivity index (χ0n) is 42.5. The molecule has 0 saturated carbocycles. The van der Waals surface area contributed by atoms with Crippen molar-refractivity contribution in [2.75, 3.05) is 19.6 Å². The number of carbonyl (C=O) groups is 8. The Morgan fingerprint density at radius 3 is 2.13 bits per heavy atom. The van der Waals surface area contributed by atoms with Crippen LogP contribution in [0.4, 0.5) is 0 Å². The number of nitrogens with one attached hydrogen (secondary N) is 10. The molecule has 0 aliphatic carbocycles. The number of nitrogens with two attached hydrogens (primary N) is 2. The number of rotatable bonds is 16. The molecule has 1 unspecified atom stereocenters. The number of nitrogens with zero attached hydrogens (tertiary/aromatic N) is 2. The van der Waals surface area contributed by atoms with Gasteiger partial charge in [0.25, 0.3) is 0 Å². The minimum Gasteiger partial charge on any atom is -0.370 e. The molecule has 1 saturated heterocycles. The molecule has 1 fully saturated rings. The zero-order chi connectivity index (χ0) is 53.7. The minimum absolute atomic E-state index is 0.0188. The zero-order valence-corrected chi connectivity index (χ0v) is 42.5. The summed E-state index contributed by atoms with van der Waals surface area (Å²) in [6.07, 6.45) is 6.88. The second-order valence-corrected chi connectivity index (χ2v) is 18.8. The number of aliphatic imine (C=N–C) groups is 1. The third-order valence-corrected chi connectivity index (χ3v) is 12.9. The van der Waals surface area contributed by atoms with Crippen LogP contribution in [0.15, 0.2) is 90.4 Å². The summed E-state index contributed by atoms with van der Waals surface area (Å²) >= 11 is 0. The van der Waals surface area contributed by atoms with Crippen molar-refractivity contribution < 1.29 is 38.4 Å². The van der Waals surface area contributed by atoms with Gasteiger partial charge in [-0.05, 0) is 66.5 Å². The Bertz CT molecular complexity index is 2790. The maximum atomic E-state index is 14.9. The van der Waals surface area contributed by atoms with Crippen molar-refractivity contribution in [3.8, 4) is 0 Å². The van der Waals surface area contributed by atoms with Crippen LogP contribution in [0.25, 0.3) is 21.7 Å². The fraction of sp³-hybridized carbons (Fsp3) is 0.434. The van der Waals surface area contributed by atoms with Crippen molar-refractivity contribution in [1.82, 2.24) is 57.5 Å². The van der Waals surface area contributed by atoms with Crippen LogP contribution >= 0.6 is 0 Å². The number of hydrogen-bond donors (Lipinski definition) is 12. The number of fused-ring (bicyclic) bond motifs is 2. The van der Waals surface area contributed by atoms with E-state index >= 15 is 0 Å². The smallest absolute Gasteiger partial charge is 0.243 e. The van der Waals surface area contributed by atoms with Crippen molar-refractivity contribution in [3.05, 3.63) is 102 Å². The lowest BCUT2D eigenvalue weighted by atomic mass is 9.99. The van der Waals surface area contributed by atoms with Gasteiger partial charge in [-0.15, -0.1) is 0 Å². The Kier molecular flexibility index (Phi) is 21.1. The van der Waals surface area contributed by atoms with Crippen LogP contribution in [-0.4, -0.2) is 124 Å². The summed E-state index contributed by atoms with van der Waals surface area (Å²) in [7, 11) is 0. The van der Waals surface area contributed by atoms with Gasteiger partial charge >= 0.3 is 0 Å². The molecule has 400 valence electrons. The van der Waals surface area contributed by atoms with Gasteiger partial charge in [-0.3, -0.25) is 43.3 Å². The maximum Gasteiger partial charge on any atom is 0.243 e. The number of para-hydroxylation sites is 1. The molecule has 22 heteroatoms. The average Bonchev–Trinajstić information content (AvgIpc) is 4.07. The van der Waals surface area contributed by atoms with Gasteiger partial charge in [0.1, 0.15) is 36.3 Å². The lowest BCUT2D eigenvalue weighted by molar-refractivity contribution is -0.135. The van der Waals surface area contributed by atoms with E-state index in [0.717, 1.165) is 33.7 Å². The topological polar surface area (TPSA) is 342 Å². The molecule has 14 N–H and O–H groups in total. The Balaban J connectivity index is 1.37. The average molecular weight is 1030 g/mol. The molecule has 0 radical (unpaired) electrons. The van der Waals surface area contributed by atoms with Crippen molar-refractivity contribution in [3.63, 3.8) is 0 Å². The van der Waals surface area contributed by atoms with Crippen LogP contribution in [0.2, 0.25) is 0 Å². The lowest BCUT2D eigenvalue weighted by Gasteiger charge is -2.28. The standard InChI is InChI=1S/C53H70N14O8/c1-3-4-15-40(62-32(2)68)48(71)64-42-20-21-46(69)57-22-9-10-23-58-47(70)44(27-36-29-60-39-16-8-7-14-38(36)39)66-49(72)41(17-11-24-59-53(54)55)63-51(74)43(26-33-18-19-34-12-5-6-13-35(34)25-33)65-52(75)45(67-50(42)73)28-37-30-56-31-61-37/h5-8,12-14,16,18-19,25,29-31,40-45,60H,3-4,9-11,15,17,20-24,26-28H2,1-2H3,(H,56,61)(H,57,69)(H,58,70)(H,62,68)(H,63,74)(H,64,71)(H,65,75)(H,66,72)(H,67,73)(H4,54,55,59)/t40-,41+,42+,43-,44-,45?/m1/s1. The summed E-state index contributed by atoms with van der Waals surface area (Å²) < 4.78 is 0. The van der Waals surface area contributed by atoms with Gasteiger partial charge < -0.3 is 64.0 Å². The fourth-order valence-corrected chi connectivity index (χ4v) is 8.87. The number of hydrogen-bond acceptors (Lipinski definition) is 10. The van der Waals surface area contributed by atoms with Gasteiger partial charge in [0.05, 0.1) is 6.33 Å². The molecule has 0 spiro atoms. The number of amides is 8. The number of unbranched alkanes of at least 4 members (excludes halogenated alkanes) is 1. The largest absolute Gasteiger partial charge is 0.370 e. The second-order valence-electron chi connectivity index (χ2n) is 18.8. The molecule has 1 aliphatic heterocycles. The molecule has 6 atom stereocenters. The van der Waals surface area contributed by atoms with Crippen LogP contribution in [0, 0.1) is 0 Å². The van der Waals surface area contributed by atoms with E-state index in [2.05, 4.69) is 62.5 Å². The highest BCUT2D eigenvalue weighted by Crippen LogP contribution is 2.21. The Morgan fingerprint density at radius 2 is 1.41 bits per heavy atom. The predicted octanol–water partition coefficient (Wildman–Crippen LogP) is 1.05. The summed E-state index contributed by atoms with van der Waals surface area (Å²) in [5.41, 5.74) is 13.9. The summed E-state index contributed by atoms with van der Waals surface area (Å²) in [5, 5.41) is 25.1. The normalized spacial score (nSPS) is 20.3. The molecule has 0 bridgehead atoms. The van der Waals surface area contributed by atoms with Crippen molar-refractivity contribution in [2.45, 2.75) is 127 Å². The molecular weight excluding hydrogens is 961 g/mol. The SMILES string of the molecule is CCCC[C@@H](NC(C)=O)C(=O)N[C@H]1CCC(=O)NCCCCNC(=O)[C@@H](Cc2c[nH]c3ccccc23)NC(=O)[C@H](CCCN=C(N)N)NC(=O)[C@@H](Cc2ccc3ccccc3c2)NC(=O)C(Cc2cnc[nH]2)NC1=O. The van der Waals surface area contributed by atoms with E-state index in [1.54, 1.807) is 6.20 Å². The van der Waals surface area contributed by atoms with E-state index in [0.29, 0.717) is 30.5 Å². The van der Waals surface area contributed by atoms with E-state index in [1.165, 1.54) is 19.4 Å². The Labute approximate surface area is 434 Å². The van der Waals surface area contributed by atoms with Crippen LogP contribution in [-0.2, 0) is 57.6 Å². The summed E-state index contributed by atoms with van der Waals surface area (Å²) in [5.74, 6) is -5.21. The number of guanidine groups is 1. The summed E-state index contributed by atoms with van der Waals surface area (Å²) in [4.78, 5) is 126. The van der Waals surface area contributed by atoms with Gasteiger partial charge in [-0.25, -0.2) is 4.98 Å². The number of imidazole rings is 1. The number of carbonyl (C=O) groups excluding carboxylic acids is 8. The second kappa shape index (κ2) is 28.2. The van der Waals surface area contributed by atoms with E-state index in [9.17, 15) is 38.4 Å². The molecule has 1 aliphatic rings. The van der Waals surface area contributed by atoms with Gasteiger partial charge in [0, 0.05) is 81.2 Å². The van der Waals surface area contributed by atoms with Crippen molar-refractivity contribution in [2.24, 2.45) is 16.5 Å². The van der Waals surface area contributed by atoms with E-state index in [-0.39, 0.29) is 77.0 Å². The first-order valence-electron chi connectivity index (χ1n) is 25.6. The number of aromatic nitrogens is 3. The summed E-state index contributed by atoms with van der Waals surface area (Å²) in [6.45, 7) is 3.75. The monoisotopic (exact) mass is 1030 g/mol.